The van der Waals surface area contributed by atoms with Gasteiger partial charge in [-0.1, -0.05) is 37.1 Å². The number of nitrogens with one attached hydrogen (secondary N) is 1. The minimum absolute atomic E-state index is 0.00614. The SMILES string of the molecule is CCCc1cc2c(=O)c(C(=O)OCC)c[nH]c2cc1OCc1ccc(Cl)cc1. The van der Waals surface area contributed by atoms with Crippen molar-refractivity contribution >= 4 is 28.5 Å². The third-order valence-corrected chi connectivity index (χ3v) is 4.64. The highest BCUT2D eigenvalue weighted by Gasteiger charge is 2.16. The van der Waals surface area contributed by atoms with Crippen molar-refractivity contribution in [3.63, 3.8) is 0 Å². The van der Waals surface area contributed by atoms with E-state index in [1.165, 1.54) is 6.20 Å². The number of aromatic amines is 1. The van der Waals surface area contributed by atoms with Crippen LogP contribution >= 0.6 is 11.6 Å². The molecule has 0 saturated heterocycles. The van der Waals surface area contributed by atoms with Gasteiger partial charge in [-0.25, -0.2) is 4.79 Å². The predicted molar refractivity (Wildman–Crippen MR) is 110 cm³/mol. The topological polar surface area (TPSA) is 68.4 Å². The first kappa shape index (κ1) is 20.0. The Morgan fingerprint density at radius 1 is 1.14 bits per heavy atom. The molecule has 0 aliphatic rings. The first-order valence-electron chi connectivity index (χ1n) is 9.26. The number of H-pyrrole nitrogens is 1. The normalized spacial score (nSPS) is 10.8. The minimum Gasteiger partial charge on any atom is -0.489 e. The molecule has 0 amide bonds. The Bertz CT molecular complexity index is 1040. The average molecular weight is 400 g/mol. The largest absolute Gasteiger partial charge is 0.489 e. The maximum Gasteiger partial charge on any atom is 0.343 e. The second-order valence-corrected chi connectivity index (χ2v) is 6.86. The summed E-state index contributed by atoms with van der Waals surface area (Å²) in [6.45, 7) is 4.38. The molecule has 0 radical (unpaired) electrons. The molecule has 0 aliphatic heterocycles. The fraction of sp³-hybridized carbons (Fsp3) is 0.273. The zero-order chi connectivity index (χ0) is 20.1. The van der Waals surface area contributed by atoms with Crippen LogP contribution < -0.4 is 10.2 Å². The van der Waals surface area contributed by atoms with Gasteiger partial charge in [-0.2, -0.15) is 0 Å². The molecule has 0 unspecified atom stereocenters. The average Bonchev–Trinajstić information content (AvgIpc) is 2.68. The number of pyridine rings is 1. The summed E-state index contributed by atoms with van der Waals surface area (Å²) in [6, 6.07) is 11.1. The maximum atomic E-state index is 12.7. The van der Waals surface area contributed by atoms with Gasteiger partial charge < -0.3 is 14.5 Å². The molecule has 0 aliphatic carbocycles. The predicted octanol–water partition coefficient (Wildman–Crippen LogP) is 4.89. The van der Waals surface area contributed by atoms with Gasteiger partial charge in [-0.15, -0.1) is 0 Å². The van der Waals surface area contributed by atoms with Gasteiger partial charge in [0.15, 0.2) is 0 Å². The number of carbonyl (C=O) groups is 1. The molecule has 0 bridgehead atoms. The molecule has 3 rings (SSSR count). The van der Waals surface area contributed by atoms with Crippen LogP contribution in [0.5, 0.6) is 5.75 Å². The van der Waals surface area contributed by atoms with Crippen molar-refractivity contribution in [1.29, 1.82) is 0 Å². The van der Waals surface area contributed by atoms with E-state index in [4.69, 9.17) is 21.1 Å². The van der Waals surface area contributed by atoms with E-state index in [0.29, 0.717) is 28.3 Å². The number of ether oxygens (including phenoxy) is 2. The van der Waals surface area contributed by atoms with E-state index in [0.717, 1.165) is 24.0 Å². The summed E-state index contributed by atoms with van der Waals surface area (Å²) in [6.07, 6.45) is 3.05. The molecule has 1 N–H and O–H groups in total. The van der Waals surface area contributed by atoms with E-state index in [2.05, 4.69) is 11.9 Å². The number of hydrogen-bond acceptors (Lipinski definition) is 4. The van der Waals surface area contributed by atoms with Crippen LogP contribution in [0.15, 0.2) is 47.4 Å². The van der Waals surface area contributed by atoms with Crippen LogP contribution in [0.25, 0.3) is 10.9 Å². The second-order valence-electron chi connectivity index (χ2n) is 6.42. The van der Waals surface area contributed by atoms with Gasteiger partial charge in [0, 0.05) is 22.7 Å². The number of rotatable bonds is 7. The molecule has 2 aromatic carbocycles. The summed E-state index contributed by atoms with van der Waals surface area (Å²) in [7, 11) is 0. The Morgan fingerprint density at radius 2 is 1.89 bits per heavy atom. The zero-order valence-corrected chi connectivity index (χ0v) is 16.6. The standard InChI is InChI=1S/C22H22ClNO4/c1-3-5-15-10-17-19(24-12-18(21(17)25)22(26)27-4-2)11-20(15)28-13-14-6-8-16(23)9-7-14/h6-12H,3-5,13H2,1-2H3,(H,24,25). The molecule has 3 aromatic rings. The molecule has 1 heterocycles. The summed E-state index contributed by atoms with van der Waals surface area (Å²) < 4.78 is 11.0. The third-order valence-electron chi connectivity index (χ3n) is 4.38. The Hall–Kier alpha value is -2.79. The first-order valence-corrected chi connectivity index (χ1v) is 9.64. The highest BCUT2D eigenvalue weighted by Crippen LogP contribution is 2.26. The summed E-state index contributed by atoms with van der Waals surface area (Å²) in [4.78, 5) is 27.8. The van der Waals surface area contributed by atoms with Crippen molar-refractivity contribution in [3.8, 4) is 5.75 Å². The van der Waals surface area contributed by atoms with Gasteiger partial charge in [0.25, 0.3) is 0 Å². The van der Waals surface area contributed by atoms with Gasteiger partial charge >= 0.3 is 5.97 Å². The summed E-state index contributed by atoms with van der Waals surface area (Å²) in [5.41, 5.74) is 2.21. The van der Waals surface area contributed by atoms with Crippen LogP contribution in [0.1, 0.15) is 41.8 Å². The minimum atomic E-state index is -0.620. The molecular formula is C22H22ClNO4. The number of carbonyl (C=O) groups excluding carboxylic acids is 1. The van der Waals surface area contributed by atoms with E-state index in [-0.39, 0.29) is 17.6 Å². The van der Waals surface area contributed by atoms with E-state index in [9.17, 15) is 9.59 Å². The van der Waals surface area contributed by atoms with E-state index in [1.54, 1.807) is 13.0 Å². The Kier molecular flexibility index (Phi) is 6.37. The highest BCUT2D eigenvalue weighted by atomic mass is 35.5. The molecule has 5 nitrogen and oxygen atoms in total. The molecule has 0 atom stereocenters. The Balaban J connectivity index is 1.97. The smallest absolute Gasteiger partial charge is 0.343 e. The van der Waals surface area contributed by atoms with Crippen LogP contribution in [0.4, 0.5) is 0 Å². The lowest BCUT2D eigenvalue weighted by Gasteiger charge is -2.13. The molecule has 0 fully saturated rings. The molecule has 0 spiro atoms. The highest BCUT2D eigenvalue weighted by molar-refractivity contribution is 6.30. The lowest BCUT2D eigenvalue weighted by Crippen LogP contribution is -2.18. The molecule has 0 saturated carbocycles. The van der Waals surface area contributed by atoms with Crippen LogP contribution in [-0.4, -0.2) is 17.6 Å². The van der Waals surface area contributed by atoms with Crippen LogP contribution in [0.2, 0.25) is 5.02 Å². The number of benzene rings is 2. The van der Waals surface area contributed by atoms with Crippen LogP contribution in [0.3, 0.4) is 0 Å². The monoisotopic (exact) mass is 399 g/mol. The summed E-state index contributed by atoms with van der Waals surface area (Å²) in [5.74, 6) is 0.0922. The Morgan fingerprint density at radius 3 is 2.57 bits per heavy atom. The lowest BCUT2D eigenvalue weighted by molar-refractivity contribution is 0.0524. The van der Waals surface area contributed by atoms with Crippen molar-refractivity contribution in [1.82, 2.24) is 4.98 Å². The van der Waals surface area contributed by atoms with Crippen LogP contribution in [0, 0.1) is 0 Å². The van der Waals surface area contributed by atoms with Crippen molar-refractivity contribution in [2.45, 2.75) is 33.3 Å². The Labute approximate surface area is 168 Å². The van der Waals surface area contributed by atoms with Crippen molar-refractivity contribution in [2.24, 2.45) is 0 Å². The first-order chi connectivity index (χ1) is 13.5. The maximum absolute atomic E-state index is 12.7. The van der Waals surface area contributed by atoms with Gasteiger partial charge in [-0.05, 0) is 42.7 Å². The van der Waals surface area contributed by atoms with Crippen molar-refractivity contribution in [2.75, 3.05) is 6.61 Å². The zero-order valence-electron chi connectivity index (χ0n) is 15.9. The number of fused-ring (bicyclic) bond motifs is 1. The fourth-order valence-electron chi connectivity index (χ4n) is 2.99. The molecule has 28 heavy (non-hydrogen) atoms. The molecular weight excluding hydrogens is 378 g/mol. The number of aryl methyl sites for hydroxylation is 1. The van der Waals surface area contributed by atoms with Crippen molar-refractivity contribution in [3.05, 3.63) is 74.5 Å². The van der Waals surface area contributed by atoms with E-state index < -0.39 is 5.97 Å². The summed E-state index contributed by atoms with van der Waals surface area (Å²) >= 11 is 5.92. The molecule has 6 heteroatoms. The third kappa shape index (κ3) is 4.37. The van der Waals surface area contributed by atoms with Gasteiger partial charge in [0.1, 0.15) is 17.9 Å². The number of hydrogen-bond donors (Lipinski definition) is 1. The molecule has 146 valence electrons. The van der Waals surface area contributed by atoms with Crippen molar-refractivity contribution < 1.29 is 14.3 Å². The van der Waals surface area contributed by atoms with Gasteiger partial charge in [-0.3, -0.25) is 4.79 Å². The van der Waals surface area contributed by atoms with E-state index in [1.807, 2.05) is 30.3 Å². The quantitative estimate of drug-likeness (QED) is 0.574. The van der Waals surface area contributed by atoms with E-state index >= 15 is 0 Å². The van der Waals surface area contributed by atoms with Crippen LogP contribution in [-0.2, 0) is 17.8 Å². The van der Waals surface area contributed by atoms with Gasteiger partial charge in [0.05, 0.1) is 12.1 Å². The molecule has 1 aromatic heterocycles. The second kappa shape index (κ2) is 8.93. The number of esters is 1. The van der Waals surface area contributed by atoms with Gasteiger partial charge in [0.2, 0.25) is 5.43 Å². The fourth-order valence-corrected chi connectivity index (χ4v) is 3.12. The number of halogens is 1. The summed E-state index contributed by atoms with van der Waals surface area (Å²) in [5, 5.41) is 1.13. The number of aromatic nitrogens is 1. The lowest BCUT2D eigenvalue weighted by atomic mass is 10.0.